The SMILES string of the molecule is CCCCNC(=O)C(CC)N(Cc1cccc(OC)c1)C(=O)CN(c1ccc(OCC)cc1)S(=O)(=O)c1ccc(SC)cc1. The number of benzene rings is 3. The second-order valence-corrected chi connectivity index (χ2v) is 12.8. The lowest BCUT2D eigenvalue weighted by molar-refractivity contribution is -0.140. The van der Waals surface area contributed by atoms with Crippen LogP contribution < -0.4 is 19.1 Å². The average Bonchev–Trinajstić information content (AvgIpc) is 3.04. The van der Waals surface area contributed by atoms with Gasteiger partial charge in [0.05, 0.1) is 24.3 Å². The molecule has 0 radical (unpaired) electrons. The molecule has 0 aliphatic carbocycles. The summed E-state index contributed by atoms with van der Waals surface area (Å²) in [7, 11) is -2.61. The van der Waals surface area contributed by atoms with Gasteiger partial charge in [-0.15, -0.1) is 11.8 Å². The lowest BCUT2D eigenvalue weighted by Crippen LogP contribution is -2.52. The van der Waals surface area contributed by atoms with Gasteiger partial charge in [0, 0.05) is 18.0 Å². The minimum absolute atomic E-state index is 0.0562. The number of anilines is 1. The molecule has 0 fully saturated rings. The molecule has 11 heteroatoms. The smallest absolute Gasteiger partial charge is 0.264 e. The number of unbranched alkanes of at least 4 members (excludes halogenated alkanes) is 1. The summed E-state index contributed by atoms with van der Waals surface area (Å²) in [4.78, 5) is 30.0. The van der Waals surface area contributed by atoms with E-state index in [0.29, 0.717) is 36.8 Å². The number of carbonyl (C=O) groups excluding carboxylic acids is 2. The summed E-state index contributed by atoms with van der Waals surface area (Å²) in [6, 6.07) is 19.6. The van der Waals surface area contributed by atoms with Crippen LogP contribution in [-0.2, 0) is 26.2 Å². The van der Waals surface area contributed by atoms with E-state index in [4.69, 9.17) is 9.47 Å². The molecule has 9 nitrogen and oxygen atoms in total. The number of nitrogens with one attached hydrogen (secondary N) is 1. The molecule has 2 amide bonds. The van der Waals surface area contributed by atoms with Crippen molar-refractivity contribution in [2.45, 2.75) is 62.4 Å². The average molecular weight is 642 g/mol. The van der Waals surface area contributed by atoms with Crippen molar-refractivity contribution in [1.82, 2.24) is 10.2 Å². The zero-order chi connectivity index (χ0) is 32.1. The van der Waals surface area contributed by atoms with Crippen molar-refractivity contribution in [3.05, 3.63) is 78.4 Å². The standard InChI is InChI=1S/C33H43N3O6S2/c1-6-9-21-34-33(38)31(7-2)35(23-25-11-10-12-28(22-25)41-4)32(37)24-36(26-13-15-27(16-14-26)42-8-3)44(39,40)30-19-17-29(43-5)18-20-30/h10-20,22,31H,6-9,21,23-24H2,1-5H3,(H,34,38). The van der Waals surface area contributed by atoms with Crippen LogP contribution in [0.25, 0.3) is 0 Å². The van der Waals surface area contributed by atoms with Gasteiger partial charge >= 0.3 is 0 Å². The van der Waals surface area contributed by atoms with Gasteiger partial charge < -0.3 is 19.7 Å². The molecule has 1 unspecified atom stereocenters. The Bertz CT molecular complexity index is 1460. The van der Waals surface area contributed by atoms with Gasteiger partial charge in [-0.25, -0.2) is 8.42 Å². The van der Waals surface area contributed by atoms with Gasteiger partial charge in [-0.2, -0.15) is 0 Å². The van der Waals surface area contributed by atoms with E-state index >= 15 is 0 Å². The fourth-order valence-electron chi connectivity index (χ4n) is 4.67. The molecule has 1 atom stereocenters. The van der Waals surface area contributed by atoms with Gasteiger partial charge in [-0.1, -0.05) is 32.4 Å². The Balaban J connectivity index is 2.05. The maximum absolute atomic E-state index is 14.2. The topological polar surface area (TPSA) is 105 Å². The van der Waals surface area contributed by atoms with Crippen molar-refractivity contribution in [2.24, 2.45) is 0 Å². The molecule has 3 rings (SSSR count). The molecule has 1 N–H and O–H groups in total. The molecular weight excluding hydrogens is 599 g/mol. The Labute approximate surface area is 266 Å². The highest BCUT2D eigenvalue weighted by Crippen LogP contribution is 2.28. The second-order valence-electron chi connectivity index (χ2n) is 10.1. The second kappa shape index (κ2) is 17.0. The summed E-state index contributed by atoms with van der Waals surface area (Å²) in [6.07, 6.45) is 3.98. The molecule has 44 heavy (non-hydrogen) atoms. The van der Waals surface area contributed by atoms with E-state index in [2.05, 4.69) is 5.32 Å². The van der Waals surface area contributed by atoms with Crippen molar-refractivity contribution in [1.29, 1.82) is 0 Å². The molecule has 0 saturated carbocycles. The number of thioether (sulfide) groups is 1. The molecule has 0 spiro atoms. The van der Waals surface area contributed by atoms with Gasteiger partial charge in [0.1, 0.15) is 24.1 Å². The lowest BCUT2D eigenvalue weighted by Gasteiger charge is -2.33. The number of hydrogen-bond acceptors (Lipinski definition) is 7. The van der Waals surface area contributed by atoms with E-state index in [1.165, 1.54) is 28.8 Å². The third kappa shape index (κ3) is 9.15. The van der Waals surface area contributed by atoms with Crippen LogP contribution in [0, 0.1) is 0 Å². The summed E-state index contributed by atoms with van der Waals surface area (Å²) in [5, 5.41) is 2.94. The summed E-state index contributed by atoms with van der Waals surface area (Å²) in [5.74, 6) is 0.408. The zero-order valence-electron chi connectivity index (χ0n) is 26.1. The van der Waals surface area contributed by atoms with Crippen LogP contribution in [0.4, 0.5) is 5.69 Å². The quantitative estimate of drug-likeness (QED) is 0.148. The summed E-state index contributed by atoms with van der Waals surface area (Å²) in [6.45, 7) is 6.27. The fraction of sp³-hybridized carbons (Fsp3) is 0.394. The van der Waals surface area contributed by atoms with Crippen molar-refractivity contribution in [2.75, 3.05) is 37.4 Å². The maximum atomic E-state index is 14.2. The normalized spacial score (nSPS) is 11.8. The first-order valence-corrected chi connectivity index (χ1v) is 17.4. The van der Waals surface area contributed by atoms with Crippen molar-refractivity contribution in [3.63, 3.8) is 0 Å². The van der Waals surface area contributed by atoms with Crippen LogP contribution in [0.3, 0.4) is 0 Å². The molecule has 3 aromatic rings. The fourth-order valence-corrected chi connectivity index (χ4v) is 6.49. The summed E-state index contributed by atoms with van der Waals surface area (Å²) in [5.41, 5.74) is 1.05. The number of ether oxygens (including phenoxy) is 2. The Morgan fingerprint density at radius 2 is 1.66 bits per heavy atom. The number of nitrogens with zero attached hydrogens (tertiary/aromatic N) is 2. The number of sulfonamides is 1. The number of amides is 2. The van der Waals surface area contributed by atoms with Crippen LogP contribution in [0.5, 0.6) is 11.5 Å². The van der Waals surface area contributed by atoms with Gasteiger partial charge in [0.15, 0.2) is 0 Å². The number of rotatable bonds is 17. The first-order valence-electron chi connectivity index (χ1n) is 14.8. The predicted molar refractivity (Wildman–Crippen MR) is 176 cm³/mol. The van der Waals surface area contributed by atoms with Crippen LogP contribution >= 0.6 is 11.8 Å². The summed E-state index contributed by atoms with van der Waals surface area (Å²) < 4.78 is 40.2. The van der Waals surface area contributed by atoms with Crippen molar-refractivity contribution < 1.29 is 27.5 Å². The Morgan fingerprint density at radius 3 is 2.25 bits per heavy atom. The number of carbonyl (C=O) groups is 2. The van der Waals surface area contributed by atoms with Gasteiger partial charge in [0.25, 0.3) is 10.0 Å². The summed E-state index contributed by atoms with van der Waals surface area (Å²) >= 11 is 1.50. The maximum Gasteiger partial charge on any atom is 0.264 e. The van der Waals surface area contributed by atoms with Crippen LogP contribution in [-0.4, -0.2) is 64.2 Å². The molecule has 0 bridgehead atoms. The molecule has 0 aliphatic rings. The molecule has 238 valence electrons. The third-order valence-electron chi connectivity index (χ3n) is 7.06. The van der Waals surface area contributed by atoms with Crippen molar-refractivity contribution in [3.8, 4) is 11.5 Å². The van der Waals surface area contributed by atoms with Crippen molar-refractivity contribution >= 4 is 39.3 Å². The van der Waals surface area contributed by atoms with E-state index in [9.17, 15) is 18.0 Å². The van der Waals surface area contributed by atoms with Gasteiger partial charge in [-0.05, 0) is 92.2 Å². The van der Waals surface area contributed by atoms with E-state index in [-0.39, 0.29) is 17.3 Å². The molecule has 0 aliphatic heterocycles. The highest BCUT2D eigenvalue weighted by molar-refractivity contribution is 7.98. The predicted octanol–water partition coefficient (Wildman–Crippen LogP) is 5.73. The minimum atomic E-state index is -4.17. The van der Waals surface area contributed by atoms with E-state index in [1.807, 2.05) is 39.2 Å². The van der Waals surface area contributed by atoms with Gasteiger partial charge in [0.2, 0.25) is 11.8 Å². The minimum Gasteiger partial charge on any atom is -0.497 e. The van der Waals surface area contributed by atoms with Crippen LogP contribution in [0.15, 0.2) is 82.6 Å². The third-order valence-corrected chi connectivity index (χ3v) is 9.60. The largest absolute Gasteiger partial charge is 0.497 e. The molecular formula is C33H43N3O6S2. The Morgan fingerprint density at radius 1 is 0.955 bits per heavy atom. The molecule has 0 heterocycles. The molecule has 0 aromatic heterocycles. The zero-order valence-corrected chi connectivity index (χ0v) is 27.7. The molecule has 3 aromatic carbocycles. The number of hydrogen-bond donors (Lipinski definition) is 1. The monoisotopic (exact) mass is 641 g/mol. The Kier molecular flexibility index (Phi) is 13.4. The Hall–Kier alpha value is -3.70. The van der Waals surface area contributed by atoms with E-state index in [0.717, 1.165) is 27.6 Å². The highest BCUT2D eigenvalue weighted by atomic mass is 32.2. The van der Waals surface area contributed by atoms with Crippen LogP contribution in [0.1, 0.15) is 45.6 Å². The van der Waals surface area contributed by atoms with Crippen LogP contribution in [0.2, 0.25) is 0 Å². The van der Waals surface area contributed by atoms with Gasteiger partial charge in [-0.3, -0.25) is 13.9 Å². The molecule has 0 saturated heterocycles. The highest BCUT2D eigenvalue weighted by Gasteiger charge is 2.33. The first kappa shape index (κ1) is 34.8. The van der Waals surface area contributed by atoms with E-state index in [1.54, 1.807) is 55.6 Å². The van der Waals surface area contributed by atoms with E-state index < -0.39 is 28.5 Å². The number of methoxy groups -OCH3 is 1. The lowest BCUT2D eigenvalue weighted by atomic mass is 10.1. The first-order chi connectivity index (χ1) is 21.2.